The fourth-order valence-electron chi connectivity index (χ4n) is 3.00. The van der Waals surface area contributed by atoms with Crippen molar-refractivity contribution in [1.29, 1.82) is 5.26 Å². The van der Waals surface area contributed by atoms with Crippen LogP contribution in [-0.2, 0) is 16.0 Å². The lowest BCUT2D eigenvalue weighted by molar-refractivity contribution is -0.121. The first-order valence-electron chi connectivity index (χ1n) is 8.68. The summed E-state index contributed by atoms with van der Waals surface area (Å²) in [6.07, 6.45) is 2.13. The van der Waals surface area contributed by atoms with Gasteiger partial charge in [-0.1, -0.05) is 18.2 Å². The maximum absolute atomic E-state index is 12.3. The van der Waals surface area contributed by atoms with E-state index >= 15 is 0 Å². The number of rotatable bonds is 6. The van der Waals surface area contributed by atoms with Crippen LogP contribution in [0, 0.1) is 11.3 Å². The number of hydrogen-bond acceptors (Lipinski definition) is 3. The molecule has 0 spiro atoms. The van der Waals surface area contributed by atoms with Crippen molar-refractivity contribution in [2.45, 2.75) is 13.3 Å². The molecule has 0 aliphatic heterocycles. The van der Waals surface area contributed by atoms with E-state index in [0.717, 1.165) is 16.5 Å². The highest BCUT2D eigenvalue weighted by molar-refractivity contribution is 5.92. The van der Waals surface area contributed by atoms with Gasteiger partial charge in [0.25, 0.3) is 0 Å². The van der Waals surface area contributed by atoms with E-state index in [1.54, 1.807) is 29.2 Å². The minimum Gasteiger partial charge on any atom is -0.361 e. The van der Waals surface area contributed by atoms with Gasteiger partial charge in [-0.15, -0.1) is 0 Å². The summed E-state index contributed by atoms with van der Waals surface area (Å²) in [4.78, 5) is 28.9. The SMILES string of the molecule is CC(=O)N(CCNC(=O)Cc1c[nH]c2ccccc12)c1ccc(C#N)cc1. The minimum absolute atomic E-state index is 0.0944. The van der Waals surface area contributed by atoms with Crippen LogP contribution in [0.5, 0.6) is 0 Å². The molecule has 1 heterocycles. The number of para-hydroxylation sites is 1. The highest BCUT2D eigenvalue weighted by Gasteiger charge is 2.13. The summed E-state index contributed by atoms with van der Waals surface area (Å²) in [6.45, 7) is 2.19. The number of aromatic nitrogens is 1. The summed E-state index contributed by atoms with van der Waals surface area (Å²) in [5.74, 6) is -0.214. The molecule has 0 saturated carbocycles. The van der Waals surface area contributed by atoms with Crippen molar-refractivity contribution in [3.8, 4) is 6.07 Å². The Labute approximate surface area is 157 Å². The van der Waals surface area contributed by atoms with E-state index < -0.39 is 0 Å². The first kappa shape index (κ1) is 18.2. The molecule has 2 aromatic carbocycles. The molecule has 6 heteroatoms. The van der Waals surface area contributed by atoms with Gasteiger partial charge in [0, 0.05) is 42.8 Å². The molecule has 1 aromatic heterocycles. The average molecular weight is 360 g/mol. The van der Waals surface area contributed by atoms with Crippen LogP contribution in [0.3, 0.4) is 0 Å². The first-order chi connectivity index (χ1) is 13.1. The maximum atomic E-state index is 12.3. The Balaban J connectivity index is 1.57. The number of anilines is 1. The van der Waals surface area contributed by atoms with Crippen LogP contribution in [0.1, 0.15) is 18.1 Å². The molecule has 2 N–H and O–H groups in total. The molecule has 0 aliphatic rings. The Kier molecular flexibility index (Phi) is 5.53. The van der Waals surface area contributed by atoms with Gasteiger partial charge in [0.15, 0.2) is 0 Å². The second kappa shape index (κ2) is 8.19. The number of nitriles is 1. The topological polar surface area (TPSA) is 89.0 Å². The van der Waals surface area contributed by atoms with Gasteiger partial charge >= 0.3 is 0 Å². The fourth-order valence-corrected chi connectivity index (χ4v) is 3.00. The van der Waals surface area contributed by atoms with Crippen molar-refractivity contribution in [2.24, 2.45) is 0 Å². The Hall–Kier alpha value is -3.59. The van der Waals surface area contributed by atoms with Gasteiger partial charge in [0.2, 0.25) is 11.8 Å². The zero-order valence-electron chi connectivity index (χ0n) is 15.0. The summed E-state index contributed by atoms with van der Waals surface area (Å²) in [5.41, 5.74) is 3.18. The lowest BCUT2D eigenvalue weighted by Gasteiger charge is -2.21. The van der Waals surface area contributed by atoms with E-state index in [9.17, 15) is 9.59 Å². The molecule has 3 rings (SSSR count). The van der Waals surface area contributed by atoms with Crippen LogP contribution in [0.2, 0.25) is 0 Å². The van der Waals surface area contributed by atoms with Crippen LogP contribution in [0.15, 0.2) is 54.7 Å². The van der Waals surface area contributed by atoms with Crippen molar-refractivity contribution < 1.29 is 9.59 Å². The molecule has 0 saturated heterocycles. The average Bonchev–Trinajstić information content (AvgIpc) is 3.08. The van der Waals surface area contributed by atoms with Gasteiger partial charge in [-0.2, -0.15) is 5.26 Å². The summed E-state index contributed by atoms with van der Waals surface area (Å²) >= 11 is 0. The third kappa shape index (κ3) is 4.33. The molecule has 0 fully saturated rings. The van der Waals surface area contributed by atoms with Gasteiger partial charge in [0.05, 0.1) is 18.1 Å². The smallest absolute Gasteiger partial charge is 0.224 e. The minimum atomic E-state index is -0.120. The van der Waals surface area contributed by atoms with Crippen LogP contribution in [0.4, 0.5) is 5.69 Å². The van der Waals surface area contributed by atoms with Crippen LogP contribution in [0.25, 0.3) is 10.9 Å². The molecule has 0 atom stereocenters. The van der Waals surface area contributed by atoms with Gasteiger partial charge in [-0.05, 0) is 35.9 Å². The standard InChI is InChI=1S/C21H20N4O2/c1-15(26)25(18-8-6-16(13-22)7-9-18)11-10-23-21(27)12-17-14-24-20-5-3-2-4-19(17)20/h2-9,14,24H,10-12H2,1H3,(H,23,27). The molecule has 0 bridgehead atoms. The van der Waals surface area contributed by atoms with Crippen molar-refractivity contribution >= 4 is 28.4 Å². The Morgan fingerprint density at radius 1 is 1.15 bits per heavy atom. The number of aromatic amines is 1. The second-order valence-electron chi connectivity index (χ2n) is 6.22. The summed E-state index contributed by atoms with van der Waals surface area (Å²) in [7, 11) is 0. The molecule has 0 unspecified atom stereocenters. The Bertz CT molecular complexity index is 999. The second-order valence-corrected chi connectivity index (χ2v) is 6.22. The number of amides is 2. The summed E-state index contributed by atoms with van der Waals surface area (Å²) in [5, 5.41) is 12.8. The van der Waals surface area contributed by atoms with Crippen LogP contribution >= 0.6 is 0 Å². The number of fused-ring (bicyclic) bond motifs is 1. The highest BCUT2D eigenvalue weighted by atomic mass is 16.2. The normalized spacial score (nSPS) is 10.4. The number of nitrogens with zero attached hydrogens (tertiary/aromatic N) is 2. The van der Waals surface area contributed by atoms with E-state index in [2.05, 4.69) is 16.4 Å². The van der Waals surface area contributed by atoms with E-state index in [0.29, 0.717) is 24.3 Å². The molecule has 3 aromatic rings. The first-order valence-corrected chi connectivity index (χ1v) is 8.68. The molecular weight excluding hydrogens is 340 g/mol. The molecule has 2 amide bonds. The van der Waals surface area contributed by atoms with Crippen molar-refractivity contribution in [1.82, 2.24) is 10.3 Å². The quantitative estimate of drug-likeness (QED) is 0.708. The van der Waals surface area contributed by atoms with Gasteiger partial charge < -0.3 is 15.2 Å². The van der Waals surface area contributed by atoms with Crippen LogP contribution in [-0.4, -0.2) is 29.9 Å². The molecule has 27 heavy (non-hydrogen) atoms. The lowest BCUT2D eigenvalue weighted by Crippen LogP contribution is -2.38. The van der Waals surface area contributed by atoms with Crippen LogP contribution < -0.4 is 10.2 Å². The third-order valence-corrected chi connectivity index (χ3v) is 4.37. The lowest BCUT2D eigenvalue weighted by atomic mass is 10.1. The van der Waals surface area contributed by atoms with Crippen molar-refractivity contribution in [3.63, 3.8) is 0 Å². The van der Waals surface area contributed by atoms with E-state index in [1.807, 2.05) is 30.5 Å². The number of H-pyrrole nitrogens is 1. The summed E-state index contributed by atoms with van der Waals surface area (Å²) in [6, 6.07) is 16.7. The summed E-state index contributed by atoms with van der Waals surface area (Å²) < 4.78 is 0. The van der Waals surface area contributed by atoms with E-state index in [4.69, 9.17) is 5.26 Å². The predicted molar refractivity (Wildman–Crippen MR) is 104 cm³/mol. The number of nitrogens with one attached hydrogen (secondary N) is 2. The third-order valence-electron chi connectivity index (χ3n) is 4.37. The molecular formula is C21H20N4O2. The molecule has 6 nitrogen and oxygen atoms in total. The number of carbonyl (C=O) groups is 2. The van der Waals surface area contributed by atoms with Gasteiger partial charge in [0.1, 0.15) is 0 Å². The largest absolute Gasteiger partial charge is 0.361 e. The van der Waals surface area contributed by atoms with Gasteiger partial charge in [-0.3, -0.25) is 9.59 Å². The fraction of sp³-hybridized carbons (Fsp3) is 0.190. The Morgan fingerprint density at radius 3 is 2.59 bits per heavy atom. The number of benzene rings is 2. The number of carbonyl (C=O) groups excluding carboxylic acids is 2. The van der Waals surface area contributed by atoms with Crippen molar-refractivity contribution in [2.75, 3.05) is 18.0 Å². The number of hydrogen-bond donors (Lipinski definition) is 2. The highest BCUT2D eigenvalue weighted by Crippen LogP contribution is 2.18. The molecule has 0 radical (unpaired) electrons. The van der Waals surface area contributed by atoms with E-state index in [1.165, 1.54) is 6.92 Å². The zero-order chi connectivity index (χ0) is 19.2. The molecule has 136 valence electrons. The monoisotopic (exact) mass is 360 g/mol. The van der Waals surface area contributed by atoms with Gasteiger partial charge in [-0.25, -0.2) is 0 Å². The van der Waals surface area contributed by atoms with Crippen molar-refractivity contribution in [3.05, 3.63) is 65.9 Å². The molecule has 0 aliphatic carbocycles. The predicted octanol–water partition coefficient (Wildman–Crippen LogP) is 2.75. The Morgan fingerprint density at radius 2 is 1.89 bits per heavy atom. The van der Waals surface area contributed by atoms with E-state index in [-0.39, 0.29) is 18.2 Å². The zero-order valence-corrected chi connectivity index (χ0v) is 15.0. The maximum Gasteiger partial charge on any atom is 0.224 e.